The van der Waals surface area contributed by atoms with Crippen LogP contribution < -0.4 is 9.47 Å². The number of ketones is 1. The quantitative estimate of drug-likeness (QED) is 0.871. The number of rotatable bonds is 4. The van der Waals surface area contributed by atoms with Crippen molar-refractivity contribution >= 4 is 11.9 Å². The second kappa shape index (κ2) is 6.84. The minimum absolute atomic E-state index is 0.144. The molecule has 0 bridgehead atoms. The van der Waals surface area contributed by atoms with Crippen LogP contribution in [0.25, 0.3) is 6.08 Å². The number of fused-ring (bicyclic) bond motifs is 1. The highest BCUT2D eigenvalue weighted by molar-refractivity contribution is 6.04. The molecule has 0 spiro atoms. The minimum atomic E-state index is -1.05. The summed E-state index contributed by atoms with van der Waals surface area (Å²) in [5.41, 5.74) is 0.490. The van der Waals surface area contributed by atoms with Gasteiger partial charge in [-0.15, -0.1) is 0 Å². The van der Waals surface area contributed by atoms with E-state index in [0.717, 1.165) is 5.56 Å². The van der Waals surface area contributed by atoms with Crippen LogP contribution in [0.3, 0.4) is 0 Å². The first-order valence-electron chi connectivity index (χ1n) is 8.40. The van der Waals surface area contributed by atoms with E-state index in [0.29, 0.717) is 11.3 Å². The lowest BCUT2D eigenvalue weighted by Gasteiger charge is -2.28. The number of ether oxygens (including phenoxy) is 2. The van der Waals surface area contributed by atoms with Crippen LogP contribution in [0.1, 0.15) is 47.9 Å². The van der Waals surface area contributed by atoms with Crippen LogP contribution in [0.5, 0.6) is 17.2 Å². The van der Waals surface area contributed by atoms with Crippen molar-refractivity contribution in [2.75, 3.05) is 7.11 Å². The van der Waals surface area contributed by atoms with E-state index in [9.17, 15) is 15.0 Å². The van der Waals surface area contributed by atoms with E-state index in [1.165, 1.54) is 13.2 Å². The summed E-state index contributed by atoms with van der Waals surface area (Å²) >= 11 is 0. The molecule has 2 aromatic rings. The number of benzene rings is 2. The number of phenols is 1. The molecular formula is C21H22O5. The maximum absolute atomic E-state index is 12.7. The Hall–Kier alpha value is -2.79. The lowest BCUT2D eigenvalue weighted by Crippen LogP contribution is -2.21. The van der Waals surface area contributed by atoms with Crippen LogP contribution in [0, 0.1) is 0 Å². The van der Waals surface area contributed by atoms with Gasteiger partial charge in [-0.3, -0.25) is 4.79 Å². The van der Waals surface area contributed by atoms with E-state index in [4.69, 9.17) is 9.47 Å². The van der Waals surface area contributed by atoms with E-state index in [-0.39, 0.29) is 29.3 Å². The predicted octanol–water partition coefficient (Wildman–Crippen LogP) is 3.89. The highest BCUT2D eigenvalue weighted by Gasteiger charge is 2.33. The Balaban J connectivity index is 2.14. The molecule has 0 saturated heterocycles. The third-order valence-electron chi connectivity index (χ3n) is 4.22. The van der Waals surface area contributed by atoms with Crippen LogP contribution in [0.4, 0.5) is 0 Å². The summed E-state index contributed by atoms with van der Waals surface area (Å²) in [5.74, 6) is 0.266. The number of carbonyl (C=O) groups is 1. The molecule has 1 atom stereocenters. The maximum atomic E-state index is 12.7. The van der Waals surface area contributed by atoms with Gasteiger partial charge in [0.05, 0.1) is 24.7 Å². The SMILES string of the molecule is COc1cc(O)c2c(c1C=CC(C)(C)O)OC(c1ccccc1)CC2=O. The average molecular weight is 354 g/mol. The molecule has 1 heterocycles. The largest absolute Gasteiger partial charge is 0.507 e. The average Bonchev–Trinajstić information content (AvgIpc) is 2.60. The summed E-state index contributed by atoms with van der Waals surface area (Å²) in [6.07, 6.45) is 2.93. The Bertz CT molecular complexity index is 847. The molecule has 136 valence electrons. The summed E-state index contributed by atoms with van der Waals surface area (Å²) in [6.45, 7) is 3.28. The van der Waals surface area contributed by atoms with Crippen LogP contribution >= 0.6 is 0 Å². The van der Waals surface area contributed by atoms with Crippen LogP contribution in [-0.4, -0.2) is 28.7 Å². The maximum Gasteiger partial charge on any atom is 0.174 e. The first-order valence-corrected chi connectivity index (χ1v) is 8.40. The molecule has 5 heteroatoms. The summed E-state index contributed by atoms with van der Waals surface area (Å²) in [4.78, 5) is 12.7. The summed E-state index contributed by atoms with van der Waals surface area (Å²) < 4.78 is 11.5. The fraction of sp³-hybridized carbons (Fsp3) is 0.286. The van der Waals surface area contributed by atoms with Gasteiger partial charge < -0.3 is 19.7 Å². The van der Waals surface area contributed by atoms with Crippen molar-refractivity contribution in [3.8, 4) is 17.2 Å². The Morgan fingerprint density at radius 1 is 1.27 bits per heavy atom. The molecule has 1 aliphatic heterocycles. The van der Waals surface area contributed by atoms with Crippen molar-refractivity contribution < 1.29 is 24.5 Å². The molecule has 0 aromatic heterocycles. The Labute approximate surface area is 152 Å². The van der Waals surface area contributed by atoms with Gasteiger partial charge in [0.25, 0.3) is 0 Å². The van der Waals surface area contributed by atoms with Gasteiger partial charge in [-0.2, -0.15) is 0 Å². The Morgan fingerprint density at radius 3 is 2.58 bits per heavy atom. The molecule has 2 N–H and O–H groups in total. The lowest BCUT2D eigenvalue weighted by molar-refractivity contribution is 0.0844. The molecule has 0 aliphatic carbocycles. The van der Waals surface area contributed by atoms with Gasteiger partial charge in [0, 0.05) is 6.07 Å². The zero-order valence-corrected chi connectivity index (χ0v) is 15.0. The number of phenolic OH excluding ortho intramolecular Hbond substituents is 1. The first kappa shape index (κ1) is 18.0. The molecule has 0 saturated carbocycles. The molecule has 2 aromatic carbocycles. The molecule has 0 fully saturated rings. The Morgan fingerprint density at radius 2 is 1.96 bits per heavy atom. The number of aliphatic hydroxyl groups is 1. The number of Topliss-reactive ketones (excluding diaryl/α,β-unsaturated/α-hetero) is 1. The van der Waals surface area contributed by atoms with Crippen molar-refractivity contribution in [2.24, 2.45) is 0 Å². The van der Waals surface area contributed by atoms with Gasteiger partial charge in [-0.05, 0) is 25.5 Å². The number of hydrogen-bond donors (Lipinski definition) is 2. The zero-order chi connectivity index (χ0) is 18.9. The fourth-order valence-electron chi connectivity index (χ4n) is 2.95. The van der Waals surface area contributed by atoms with Gasteiger partial charge in [0.15, 0.2) is 5.78 Å². The van der Waals surface area contributed by atoms with E-state index < -0.39 is 11.7 Å². The van der Waals surface area contributed by atoms with Crippen LogP contribution in [-0.2, 0) is 0 Å². The molecule has 0 radical (unpaired) electrons. The summed E-state index contributed by atoms with van der Waals surface area (Å²) in [7, 11) is 1.47. The van der Waals surface area contributed by atoms with Gasteiger partial charge in [-0.25, -0.2) is 0 Å². The monoisotopic (exact) mass is 354 g/mol. The van der Waals surface area contributed by atoms with Crippen molar-refractivity contribution in [3.63, 3.8) is 0 Å². The smallest absolute Gasteiger partial charge is 0.174 e. The summed E-state index contributed by atoms with van der Waals surface area (Å²) in [6, 6.07) is 10.9. The molecule has 1 aliphatic rings. The van der Waals surface area contributed by atoms with Gasteiger partial charge in [-0.1, -0.05) is 36.4 Å². The standard InChI is InChI=1S/C21H22O5/c1-21(2,24)10-9-14-18(25-3)12-16(23)19-15(22)11-17(26-20(14)19)13-7-5-4-6-8-13/h4-10,12,17,23-24H,11H2,1-3H3. The van der Waals surface area contributed by atoms with E-state index in [1.54, 1.807) is 26.0 Å². The molecule has 0 amide bonds. The molecule has 3 rings (SSSR count). The molecular weight excluding hydrogens is 332 g/mol. The van der Waals surface area contributed by atoms with Gasteiger partial charge in [0.1, 0.15) is 28.9 Å². The zero-order valence-electron chi connectivity index (χ0n) is 15.0. The van der Waals surface area contributed by atoms with Crippen LogP contribution in [0.2, 0.25) is 0 Å². The van der Waals surface area contributed by atoms with Crippen molar-refractivity contribution in [3.05, 3.63) is 59.2 Å². The van der Waals surface area contributed by atoms with E-state index >= 15 is 0 Å². The number of hydrogen-bond acceptors (Lipinski definition) is 5. The topological polar surface area (TPSA) is 76.0 Å². The second-order valence-electron chi connectivity index (χ2n) is 6.85. The molecule has 1 unspecified atom stereocenters. The highest BCUT2D eigenvalue weighted by atomic mass is 16.5. The Kier molecular flexibility index (Phi) is 4.74. The second-order valence-corrected chi connectivity index (χ2v) is 6.85. The van der Waals surface area contributed by atoms with E-state index in [2.05, 4.69) is 0 Å². The fourth-order valence-corrected chi connectivity index (χ4v) is 2.95. The van der Waals surface area contributed by atoms with Gasteiger partial charge >= 0.3 is 0 Å². The summed E-state index contributed by atoms with van der Waals surface area (Å²) in [5, 5.41) is 20.3. The third kappa shape index (κ3) is 3.58. The van der Waals surface area contributed by atoms with E-state index in [1.807, 2.05) is 30.3 Å². The number of carbonyl (C=O) groups excluding carboxylic acids is 1. The van der Waals surface area contributed by atoms with Crippen molar-refractivity contribution in [2.45, 2.75) is 32.0 Å². The van der Waals surface area contributed by atoms with Crippen molar-refractivity contribution in [1.29, 1.82) is 0 Å². The number of aromatic hydroxyl groups is 1. The van der Waals surface area contributed by atoms with Crippen LogP contribution in [0.15, 0.2) is 42.5 Å². The molecule has 26 heavy (non-hydrogen) atoms. The predicted molar refractivity (Wildman–Crippen MR) is 98.7 cm³/mol. The first-order chi connectivity index (χ1) is 12.3. The normalized spacial score (nSPS) is 17.1. The minimum Gasteiger partial charge on any atom is -0.507 e. The van der Waals surface area contributed by atoms with Crippen molar-refractivity contribution in [1.82, 2.24) is 0 Å². The van der Waals surface area contributed by atoms with Gasteiger partial charge in [0.2, 0.25) is 0 Å². The highest BCUT2D eigenvalue weighted by Crippen LogP contribution is 2.46. The third-order valence-corrected chi connectivity index (χ3v) is 4.22. The lowest BCUT2D eigenvalue weighted by atomic mass is 9.92. The molecule has 5 nitrogen and oxygen atoms in total. The number of methoxy groups -OCH3 is 1.